The second-order valence-corrected chi connectivity index (χ2v) is 5.27. The zero-order valence-electron chi connectivity index (χ0n) is 9.81. The minimum absolute atomic E-state index is 0.835. The first-order valence-corrected chi connectivity index (χ1v) is 6.61. The minimum atomic E-state index is 0.835. The maximum Gasteiger partial charge on any atom is 0.0504 e. The van der Waals surface area contributed by atoms with E-state index in [9.17, 15) is 0 Å². The molecule has 0 bridgehead atoms. The fourth-order valence-corrected chi connectivity index (χ4v) is 2.44. The highest BCUT2D eigenvalue weighted by atomic mass is 79.9. The van der Waals surface area contributed by atoms with Gasteiger partial charge in [-0.2, -0.15) is 0 Å². The molecule has 3 aromatic rings. The maximum atomic E-state index is 5.96. The Morgan fingerprint density at radius 2 is 1.78 bits per heavy atom. The summed E-state index contributed by atoms with van der Waals surface area (Å²) in [7, 11) is 0. The van der Waals surface area contributed by atoms with Gasteiger partial charge in [0, 0.05) is 28.3 Å². The van der Waals surface area contributed by atoms with Crippen molar-refractivity contribution in [2.45, 2.75) is 6.54 Å². The first-order chi connectivity index (χ1) is 8.74. The Morgan fingerprint density at radius 3 is 2.56 bits per heavy atom. The van der Waals surface area contributed by atoms with Crippen LogP contribution < -0.4 is 5.73 Å². The summed E-state index contributed by atoms with van der Waals surface area (Å²) in [5, 5.41) is 1.12. The van der Waals surface area contributed by atoms with Crippen LogP contribution in [0.4, 0.5) is 5.69 Å². The van der Waals surface area contributed by atoms with Gasteiger partial charge in [-0.1, -0.05) is 34.1 Å². The number of nitrogens with two attached hydrogens (primary N) is 1. The first-order valence-electron chi connectivity index (χ1n) is 5.82. The first kappa shape index (κ1) is 11.4. The molecule has 2 nitrogen and oxygen atoms in total. The van der Waals surface area contributed by atoms with Gasteiger partial charge in [0.05, 0.1) is 5.52 Å². The van der Waals surface area contributed by atoms with Gasteiger partial charge in [0.1, 0.15) is 0 Å². The van der Waals surface area contributed by atoms with E-state index in [1.807, 2.05) is 12.1 Å². The second-order valence-electron chi connectivity index (χ2n) is 4.35. The molecule has 0 aliphatic carbocycles. The number of nitrogens with zero attached hydrogens (tertiary/aromatic N) is 1. The normalized spacial score (nSPS) is 10.9. The molecule has 0 saturated heterocycles. The molecular formula is C15H13BrN2. The van der Waals surface area contributed by atoms with Gasteiger partial charge in [0.15, 0.2) is 0 Å². The second kappa shape index (κ2) is 4.50. The SMILES string of the molecule is Nc1cccc2c1ccn2Cc1ccc(Br)cc1. The Labute approximate surface area is 114 Å². The standard InChI is InChI=1S/C15H13BrN2/c16-12-6-4-11(5-7-12)10-18-9-8-13-14(17)2-1-3-15(13)18/h1-9H,10,17H2. The number of halogens is 1. The fraction of sp³-hybridized carbons (Fsp3) is 0.0667. The molecule has 18 heavy (non-hydrogen) atoms. The summed E-state index contributed by atoms with van der Waals surface area (Å²) in [5.74, 6) is 0. The topological polar surface area (TPSA) is 30.9 Å². The third kappa shape index (κ3) is 2.02. The van der Waals surface area contributed by atoms with Gasteiger partial charge in [-0.15, -0.1) is 0 Å². The molecule has 3 heteroatoms. The van der Waals surface area contributed by atoms with Gasteiger partial charge in [-0.05, 0) is 35.9 Å². The molecule has 0 atom stereocenters. The molecule has 0 amide bonds. The highest BCUT2D eigenvalue weighted by molar-refractivity contribution is 9.10. The van der Waals surface area contributed by atoms with E-state index >= 15 is 0 Å². The third-order valence-corrected chi connectivity index (χ3v) is 3.64. The van der Waals surface area contributed by atoms with Crippen LogP contribution in [0, 0.1) is 0 Å². The quantitative estimate of drug-likeness (QED) is 0.712. The van der Waals surface area contributed by atoms with Crippen molar-refractivity contribution in [2.75, 3.05) is 5.73 Å². The summed E-state index contributed by atoms with van der Waals surface area (Å²) < 4.78 is 3.32. The van der Waals surface area contributed by atoms with Crippen LogP contribution in [-0.2, 0) is 6.54 Å². The van der Waals surface area contributed by atoms with Crippen molar-refractivity contribution in [3.63, 3.8) is 0 Å². The lowest BCUT2D eigenvalue weighted by Gasteiger charge is -2.06. The maximum absolute atomic E-state index is 5.96. The molecule has 2 aromatic carbocycles. The number of rotatable bonds is 2. The highest BCUT2D eigenvalue weighted by Gasteiger charge is 2.03. The lowest BCUT2D eigenvalue weighted by atomic mass is 10.2. The van der Waals surface area contributed by atoms with Crippen molar-refractivity contribution < 1.29 is 0 Å². The van der Waals surface area contributed by atoms with Gasteiger partial charge < -0.3 is 10.3 Å². The summed E-state index contributed by atoms with van der Waals surface area (Å²) in [4.78, 5) is 0. The van der Waals surface area contributed by atoms with Crippen LogP contribution in [0.3, 0.4) is 0 Å². The number of benzene rings is 2. The number of aromatic nitrogens is 1. The molecule has 0 spiro atoms. The highest BCUT2D eigenvalue weighted by Crippen LogP contribution is 2.23. The van der Waals surface area contributed by atoms with Gasteiger partial charge in [-0.3, -0.25) is 0 Å². The Kier molecular flexibility index (Phi) is 2.84. The van der Waals surface area contributed by atoms with Crippen molar-refractivity contribution in [1.82, 2.24) is 4.57 Å². The third-order valence-electron chi connectivity index (χ3n) is 3.11. The van der Waals surface area contributed by atoms with Gasteiger partial charge in [0.25, 0.3) is 0 Å². The molecule has 0 saturated carbocycles. The van der Waals surface area contributed by atoms with E-state index in [2.05, 4.69) is 63.1 Å². The lowest BCUT2D eigenvalue weighted by Crippen LogP contribution is -1.97. The Balaban J connectivity index is 2.00. The molecule has 1 heterocycles. The van der Waals surface area contributed by atoms with Crippen LogP contribution in [0.25, 0.3) is 10.9 Å². The van der Waals surface area contributed by atoms with Gasteiger partial charge in [-0.25, -0.2) is 0 Å². The predicted molar refractivity (Wildman–Crippen MR) is 79.6 cm³/mol. The zero-order valence-corrected chi connectivity index (χ0v) is 11.4. The number of anilines is 1. The van der Waals surface area contributed by atoms with E-state index in [-0.39, 0.29) is 0 Å². The van der Waals surface area contributed by atoms with Gasteiger partial charge in [0.2, 0.25) is 0 Å². The average molecular weight is 301 g/mol. The molecule has 2 N–H and O–H groups in total. The monoisotopic (exact) mass is 300 g/mol. The van der Waals surface area contributed by atoms with Crippen LogP contribution in [-0.4, -0.2) is 4.57 Å². The molecular weight excluding hydrogens is 288 g/mol. The number of nitrogen functional groups attached to an aromatic ring is 1. The van der Waals surface area contributed by atoms with Crippen LogP contribution in [0.5, 0.6) is 0 Å². The summed E-state index contributed by atoms with van der Waals surface area (Å²) in [6.45, 7) is 0.861. The fourth-order valence-electron chi connectivity index (χ4n) is 2.17. The van der Waals surface area contributed by atoms with Crippen molar-refractivity contribution >= 4 is 32.5 Å². The van der Waals surface area contributed by atoms with Crippen molar-refractivity contribution in [3.8, 4) is 0 Å². The molecule has 0 unspecified atom stereocenters. The van der Waals surface area contributed by atoms with Crippen molar-refractivity contribution in [2.24, 2.45) is 0 Å². The summed E-state index contributed by atoms with van der Waals surface area (Å²) in [6, 6.07) is 16.5. The number of hydrogen-bond acceptors (Lipinski definition) is 1. The van der Waals surface area contributed by atoms with E-state index < -0.39 is 0 Å². The molecule has 0 fully saturated rings. The number of hydrogen-bond donors (Lipinski definition) is 1. The van der Waals surface area contributed by atoms with E-state index in [1.165, 1.54) is 11.1 Å². The summed E-state index contributed by atoms with van der Waals surface area (Å²) in [5.41, 5.74) is 9.25. The molecule has 0 aliphatic rings. The summed E-state index contributed by atoms with van der Waals surface area (Å²) in [6.07, 6.45) is 2.09. The van der Waals surface area contributed by atoms with E-state index in [0.29, 0.717) is 0 Å². The average Bonchev–Trinajstić information content (AvgIpc) is 2.77. The minimum Gasteiger partial charge on any atom is -0.398 e. The Morgan fingerprint density at radius 1 is 1.00 bits per heavy atom. The molecule has 90 valence electrons. The Hall–Kier alpha value is -1.74. The summed E-state index contributed by atoms with van der Waals surface area (Å²) >= 11 is 3.45. The molecule has 3 rings (SSSR count). The molecule has 0 aliphatic heterocycles. The van der Waals surface area contributed by atoms with Crippen molar-refractivity contribution in [1.29, 1.82) is 0 Å². The molecule has 0 radical (unpaired) electrons. The van der Waals surface area contributed by atoms with E-state index in [4.69, 9.17) is 5.73 Å². The van der Waals surface area contributed by atoms with Crippen molar-refractivity contribution in [3.05, 3.63) is 64.8 Å². The van der Waals surface area contributed by atoms with Gasteiger partial charge >= 0.3 is 0 Å². The van der Waals surface area contributed by atoms with E-state index in [0.717, 1.165) is 22.1 Å². The predicted octanol–water partition coefficient (Wildman–Crippen LogP) is 4.03. The lowest BCUT2D eigenvalue weighted by molar-refractivity contribution is 0.837. The van der Waals surface area contributed by atoms with E-state index in [1.54, 1.807) is 0 Å². The van der Waals surface area contributed by atoms with Crippen LogP contribution in [0.15, 0.2) is 59.2 Å². The van der Waals surface area contributed by atoms with Crippen LogP contribution in [0.2, 0.25) is 0 Å². The smallest absolute Gasteiger partial charge is 0.0504 e. The Bertz CT molecular complexity index is 683. The van der Waals surface area contributed by atoms with Crippen LogP contribution in [0.1, 0.15) is 5.56 Å². The zero-order chi connectivity index (χ0) is 12.5. The van der Waals surface area contributed by atoms with Crippen LogP contribution >= 0.6 is 15.9 Å². The molecule has 1 aromatic heterocycles. The largest absolute Gasteiger partial charge is 0.398 e. The number of fused-ring (bicyclic) bond motifs is 1.